The molecule has 1 aliphatic heterocycles. The number of aromatic nitrogens is 5. The third kappa shape index (κ3) is 2.84. The van der Waals surface area contributed by atoms with Crippen molar-refractivity contribution in [1.82, 2.24) is 24.8 Å². The quantitative estimate of drug-likeness (QED) is 0.713. The molecule has 0 N–H and O–H groups in total. The first-order chi connectivity index (χ1) is 12.2. The molecule has 0 bridgehead atoms. The summed E-state index contributed by atoms with van der Waals surface area (Å²) in [6.07, 6.45) is 5.65. The molecule has 4 rings (SSSR count). The molecule has 130 valence electrons. The molecule has 1 fully saturated rings. The van der Waals surface area contributed by atoms with Crippen LogP contribution in [0, 0.1) is 0 Å². The first-order valence-electron chi connectivity index (χ1n) is 8.45. The van der Waals surface area contributed by atoms with Crippen LogP contribution in [-0.2, 0) is 11.3 Å². The van der Waals surface area contributed by atoms with Gasteiger partial charge in [-0.1, -0.05) is 12.1 Å². The predicted octanol–water partition coefficient (Wildman–Crippen LogP) is 2.62. The van der Waals surface area contributed by atoms with E-state index in [2.05, 4.69) is 29.3 Å². The van der Waals surface area contributed by atoms with Crippen LogP contribution >= 0.6 is 0 Å². The van der Waals surface area contributed by atoms with E-state index in [1.807, 2.05) is 29.1 Å². The van der Waals surface area contributed by atoms with E-state index in [0.29, 0.717) is 19.1 Å². The largest absolute Gasteiger partial charge is 0.442 e. The van der Waals surface area contributed by atoms with Gasteiger partial charge < -0.3 is 4.74 Å². The van der Waals surface area contributed by atoms with Gasteiger partial charge in [-0.25, -0.2) is 9.48 Å². The standard InChI is InChI=1S/C17H20N6O2/c1-3-12(2)23-16-5-4-14(8-13(16)9-19-23)22-11-15(25-17(22)24)10-21-7-6-18-20-21/h4-9,12,15H,3,10-11H2,1-2H3/t12?,15-/m0/s1. The average molecular weight is 340 g/mol. The molecule has 0 aliphatic carbocycles. The fourth-order valence-corrected chi connectivity index (χ4v) is 3.10. The second kappa shape index (κ2) is 6.19. The van der Waals surface area contributed by atoms with Gasteiger partial charge in [0.15, 0.2) is 0 Å². The Morgan fingerprint density at radius 3 is 3.04 bits per heavy atom. The van der Waals surface area contributed by atoms with E-state index in [-0.39, 0.29) is 12.2 Å². The molecule has 0 saturated carbocycles. The third-order valence-corrected chi connectivity index (χ3v) is 4.64. The maximum atomic E-state index is 12.2. The molecule has 1 aliphatic rings. The summed E-state index contributed by atoms with van der Waals surface area (Å²) in [6, 6.07) is 6.29. The van der Waals surface area contributed by atoms with Crippen molar-refractivity contribution in [2.24, 2.45) is 0 Å². The number of amides is 1. The molecule has 3 heterocycles. The molecule has 3 aromatic rings. The van der Waals surface area contributed by atoms with E-state index in [9.17, 15) is 4.79 Å². The first-order valence-corrected chi connectivity index (χ1v) is 8.45. The average Bonchev–Trinajstić information content (AvgIpc) is 3.34. The Hall–Kier alpha value is -2.90. The SMILES string of the molecule is CCC(C)n1ncc2cc(N3C[C@H](Cn4ccnn4)OC3=O)ccc21. The van der Waals surface area contributed by atoms with E-state index in [4.69, 9.17) is 4.74 Å². The number of ether oxygens (including phenoxy) is 1. The maximum absolute atomic E-state index is 12.2. The molecule has 1 unspecified atom stereocenters. The summed E-state index contributed by atoms with van der Waals surface area (Å²) in [5.41, 5.74) is 1.90. The van der Waals surface area contributed by atoms with Crippen LogP contribution in [-0.4, -0.2) is 43.5 Å². The van der Waals surface area contributed by atoms with Crippen LogP contribution in [0.1, 0.15) is 26.3 Å². The number of cyclic esters (lactones) is 1. The predicted molar refractivity (Wildman–Crippen MR) is 92.4 cm³/mol. The number of hydrogen-bond donors (Lipinski definition) is 0. The van der Waals surface area contributed by atoms with Crippen molar-refractivity contribution >= 4 is 22.7 Å². The number of carbonyl (C=O) groups is 1. The Morgan fingerprint density at radius 1 is 1.40 bits per heavy atom. The lowest BCUT2D eigenvalue weighted by atomic mass is 10.2. The highest BCUT2D eigenvalue weighted by atomic mass is 16.6. The molecule has 2 atom stereocenters. The van der Waals surface area contributed by atoms with Gasteiger partial charge in [0.25, 0.3) is 0 Å². The smallest absolute Gasteiger partial charge is 0.414 e. The summed E-state index contributed by atoms with van der Waals surface area (Å²) in [6.45, 7) is 5.27. The van der Waals surface area contributed by atoms with E-state index in [1.54, 1.807) is 22.0 Å². The molecule has 0 spiro atoms. The highest BCUT2D eigenvalue weighted by molar-refractivity contribution is 5.93. The minimum absolute atomic E-state index is 0.243. The minimum Gasteiger partial charge on any atom is -0.442 e. The van der Waals surface area contributed by atoms with Gasteiger partial charge in [-0.15, -0.1) is 5.10 Å². The van der Waals surface area contributed by atoms with Crippen LogP contribution < -0.4 is 4.90 Å². The van der Waals surface area contributed by atoms with Crippen molar-refractivity contribution < 1.29 is 9.53 Å². The number of fused-ring (bicyclic) bond motifs is 1. The lowest BCUT2D eigenvalue weighted by molar-refractivity contribution is 0.129. The summed E-state index contributed by atoms with van der Waals surface area (Å²) in [7, 11) is 0. The molecule has 1 saturated heterocycles. The Labute approximate surface area is 145 Å². The van der Waals surface area contributed by atoms with Gasteiger partial charge in [0.05, 0.1) is 31.0 Å². The number of hydrogen-bond acceptors (Lipinski definition) is 5. The number of nitrogens with zero attached hydrogens (tertiary/aromatic N) is 6. The monoisotopic (exact) mass is 340 g/mol. The van der Waals surface area contributed by atoms with Gasteiger partial charge in [-0.3, -0.25) is 9.58 Å². The molecule has 25 heavy (non-hydrogen) atoms. The van der Waals surface area contributed by atoms with E-state index < -0.39 is 0 Å². The fourth-order valence-electron chi connectivity index (χ4n) is 3.10. The number of carbonyl (C=O) groups excluding carboxylic acids is 1. The number of rotatable bonds is 5. The van der Waals surface area contributed by atoms with Crippen LogP contribution in [0.25, 0.3) is 10.9 Å². The van der Waals surface area contributed by atoms with Gasteiger partial charge in [0.1, 0.15) is 6.10 Å². The Kier molecular flexibility index (Phi) is 3.87. The number of benzene rings is 1. The van der Waals surface area contributed by atoms with E-state index in [0.717, 1.165) is 23.0 Å². The van der Waals surface area contributed by atoms with Crippen molar-refractivity contribution in [2.75, 3.05) is 11.4 Å². The molecule has 1 aromatic carbocycles. The summed E-state index contributed by atoms with van der Waals surface area (Å²) >= 11 is 0. The zero-order valence-corrected chi connectivity index (χ0v) is 14.2. The number of anilines is 1. The molecular formula is C17H20N6O2. The lowest BCUT2D eigenvalue weighted by Crippen LogP contribution is -2.26. The summed E-state index contributed by atoms with van der Waals surface area (Å²) in [4.78, 5) is 13.9. The van der Waals surface area contributed by atoms with Crippen LogP contribution in [0.15, 0.2) is 36.8 Å². The fraction of sp³-hybridized carbons (Fsp3) is 0.412. The molecule has 1 amide bonds. The Morgan fingerprint density at radius 2 is 2.28 bits per heavy atom. The zero-order valence-electron chi connectivity index (χ0n) is 14.2. The van der Waals surface area contributed by atoms with Crippen molar-refractivity contribution in [3.63, 3.8) is 0 Å². The highest BCUT2D eigenvalue weighted by Gasteiger charge is 2.33. The lowest BCUT2D eigenvalue weighted by Gasteiger charge is -2.14. The second-order valence-corrected chi connectivity index (χ2v) is 6.33. The first kappa shape index (κ1) is 15.6. The van der Waals surface area contributed by atoms with Crippen molar-refractivity contribution in [2.45, 2.75) is 39.0 Å². The zero-order chi connectivity index (χ0) is 17.4. The topological polar surface area (TPSA) is 78.1 Å². The van der Waals surface area contributed by atoms with Crippen LogP contribution in [0.5, 0.6) is 0 Å². The normalized spacial score (nSPS) is 18.7. The van der Waals surface area contributed by atoms with Crippen molar-refractivity contribution in [3.8, 4) is 0 Å². The van der Waals surface area contributed by atoms with Crippen LogP contribution in [0.4, 0.5) is 10.5 Å². The molecule has 0 radical (unpaired) electrons. The molecule has 2 aromatic heterocycles. The molecular weight excluding hydrogens is 320 g/mol. The van der Waals surface area contributed by atoms with Crippen molar-refractivity contribution in [3.05, 3.63) is 36.8 Å². The second-order valence-electron chi connectivity index (χ2n) is 6.33. The van der Waals surface area contributed by atoms with Gasteiger partial charge >= 0.3 is 6.09 Å². The van der Waals surface area contributed by atoms with E-state index >= 15 is 0 Å². The Bertz CT molecular complexity index is 888. The van der Waals surface area contributed by atoms with Crippen LogP contribution in [0.3, 0.4) is 0 Å². The van der Waals surface area contributed by atoms with Crippen LogP contribution in [0.2, 0.25) is 0 Å². The Balaban J connectivity index is 1.56. The molecule has 8 heteroatoms. The van der Waals surface area contributed by atoms with E-state index in [1.165, 1.54) is 0 Å². The maximum Gasteiger partial charge on any atom is 0.414 e. The third-order valence-electron chi connectivity index (χ3n) is 4.64. The molecule has 8 nitrogen and oxygen atoms in total. The van der Waals surface area contributed by atoms with Gasteiger partial charge in [-0.2, -0.15) is 5.10 Å². The summed E-state index contributed by atoms with van der Waals surface area (Å²) in [5, 5.41) is 13.2. The van der Waals surface area contributed by atoms with Gasteiger partial charge in [-0.05, 0) is 31.5 Å². The summed E-state index contributed by atoms with van der Waals surface area (Å²) in [5.74, 6) is 0. The van der Waals surface area contributed by atoms with Gasteiger partial charge in [0.2, 0.25) is 0 Å². The highest BCUT2D eigenvalue weighted by Crippen LogP contribution is 2.28. The van der Waals surface area contributed by atoms with Crippen molar-refractivity contribution in [1.29, 1.82) is 0 Å². The summed E-state index contributed by atoms with van der Waals surface area (Å²) < 4.78 is 9.14. The van der Waals surface area contributed by atoms with Gasteiger partial charge in [0, 0.05) is 23.3 Å². The minimum atomic E-state index is -0.334.